The summed E-state index contributed by atoms with van der Waals surface area (Å²) in [6.45, 7) is 6.39. The highest BCUT2D eigenvalue weighted by atomic mass is 35.5. The summed E-state index contributed by atoms with van der Waals surface area (Å²) in [4.78, 5) is 0. The van der Waals surface area contributed by atoms with Crippen LogP contribution in [0.2, 0.25) is 0 Å². The van der Waals surface area contributed by atoms with Gasteiger partial charge in [0.15, 0.2) is 5.75 Å². The predicted molar refractivity (Wildman–Crippen MR) is 78.6 cm³/mol. The fourth-order valence-electron chi connectivity index (χ4n) is 3.19. The van der Waals surface area contributed by atoms with Gasteiger partial charge in [-0.3, -0.25) is 0 Å². The zero-order valence-corrected chi connectivity index (χ0v) is 12.1. The van der Waals surface area contributed by atoms with Gasteiger partial charge < -0.3 is 14.8 Å². The molecular formula is C15H20ClNO2. The lowest BCUT2D eigenvalue weighted by molar-refractivity contribution is 0.431. The predicted octanol–water partition coefficient (Wildman–Crippen LogP) is 3.60. The first-order valence-corrected chi connectivity index (χ1v) is 6.58. The van der Waals surface area contributed by atoms with Crippen molar-refractivity contribution in [2.75, 3.05) is 13.1 Å². The zero-order valence-electron chi connectivity index (χ0n) is 11.3. The second-order valence-corrected chi connectivity index (χ2v) is 5.23. The normalized spacial score (nSPS) is 16.5. The van der Waals surface area contributed by atoms with Gasteiger partial charge in [0.25, 0.3) is 0 Å². The Balaban J connectivity index is 0.00000133. The molecule has 2 aliphatic heterocycles. The van der Waals surface area contributed by atoms with Crippen molar-refractivity contribution >= 4 is 12.4 Å². The highest BCUT2D eigenvalue weighted by Gasteiger charge is 2.28. The van der Waals surface area contributed by atoms with Gasteiger partial charge in [-0.05, 0) is 62.4 Å². The van der Waals surface area contributed by atoms with Gasteiger partial charge >= 0.3 is 0 Å². The average molecular weight is 282 g/mol. The van der Waals surface area contributed by atoms with Gasteiger partial charge in [-0.25, -0.2) is 0 Å². The van der Waals surface area contributed by atoms with Crippen molar-refractivity contribution < 1.29 is 9.52 Å². The summed E-state index contributed by atoms with van der Waals surface area (Å²) < 4.78 is 5.20. The topological polar surface area (TPSA) is 45.4 Å². The van der Waals surface area contributed by atoms with Crippen LogP contribution in [0, 0.1) is 13.8 Å². The van der Waals surface area contributed by atoms with E-state index in [0.717, 1.165) is 37.1 Å². The highest BCUT2D eigenvalue weighted by Crippen LogP contribution is 2.46. The molecule has 0 aromatic carbocycles. The van der Waals surface area contributed by atoms with Crippen molar-refractivity contribution in [3.63, 3.8) is 0 Å². The van der Waals surface area contributed by atoms with Gasteiger partial charge in [0.05, 0.1) is 6.26 Å². The molecule has 3 nitrogen and oxygen atoms in total. The number of fused-ring (bicyclic) bond motifs is 1. The molecule has 3 rings (SSSR count). The molecule has 3 aliphatic rings. The SMILES string of the molecule is Cc1c2cocc(O)c-2c(C2CCNCC2)c1C.Cl. The summed E-state index contributed by atoms with van der Waals surface area (Å²) in [5, 5.41) is 13.5. The molecule has 1 aliphatic carbocycles. The van der Waals surface area contributed by atoms with Crippen molar-refractivity contribution in [3.05, 3.63) is 29.2 Å². The van der Waals surface area contributed by atoms with E-state index in [2.05, 4.69) is 19.2 Å². The Bertz CT molecular complexity index is 544. The Morgan fingerprint density at radius 3 is 2.53 bits per heavy atom. The fraction of sp³-hybridized carbons (Fsp3) is 0.467. The molecule has 0 spiro atoms. The Morgan fingerprint density at radius 2 is 1.84 bits per heavy atom. The summed E-state index contributed by atoms with van der Waals surface area (Å²) in [6, 6.07) is 0. The second-order valence-electron chi connectivity index (χ2n) is 5.23. The molecule has 0 amide bonds. The highest BCUT2D eigenvalue weighted by molar-refractivity contribution is 5.85. The van der Waals surface area contributed by atoms with Gasteiger partial charge in [0.2, 0.25) is 0 Å². The number of rotatable bonds is 1. The van der Waals surface area contributed by atoms with Gasteiger partial charge in [0, 0.05) is 11.1 Å². The van der Waals surface area contributed by atoms with E-state index in [1.54, 1.807) is 6.26 Å². The molecule has 1 saturated heterocycles. The van der Waals surface area contributed by atoms with Crippen molar-refractivity contribution in [1.82, 2.24) is 5.32 Å². The first-order valence-electron chi connectivity index (χ1n) is 6.58. The standard InChI is InChI=1S/C15H19NO2.ClH/c1-9-10(2)14(11-3-5-16-6-4-11)15-12(9)7-18-8-13(15)17;/h7-8,11,16-17H,3-6H2,1-2H3;1H. The van der Waals surface area contributed by atoms with Crippen LogP contribution >= 0.6 is 12.4 Å². The molecular weight excluding hydrogens is 262 g/mol. The molecule has 0 unspecified atom stereocenters. The lowest BCUT2D eigenvalue weighted by Crippen LogP contribution is -2.26. The average Bonchev–Trinajstić information content (AvgIpc) is 2.65. The van der Waals surface area contributed by atoms with Gasteiger partial charge in [-0.15, -0.1) is 12.4 Å². The molecule has 1 fully saturated rings. The van der Waals surface area contributed by atoms with E-state index in [4.69, 9.17) is 4.42 Å². The summed E-state index contributed by atoms with van der Waals surface area (Å²) in [5.41, 5.74) is 5.94. The molecule has 0 radical (unpaired) electrons. The molecule has 0 bridgehead atoms. The fourth-order valence-corrected chi connectivity index (χ4v) is 3.19. The Kier molecular flexibility index (Phi) is 4.07. The number of hydrogen-bond acceptors (Lipinski definition) is 3. The van der Waals surface area contributed by atoms with Crippen LogP contribution < -0.4 is 5.32 Å². The summed E-state index contributed by atoms with van der Waals surface area (Å²) >= 11 is 0. The van der Waals surface area contributed by atoms with E-state index in [1.807, 2.05) is 0 Å². The number of hydrogen-bond donors (Lipinski definition) is 2. The smallest absolute Gasteiger partial charge is 0.159 e. The minimum atomic E-state index is 0. The molecule has 4 heteroatoms. The first-order chi connectivity index (χ1) is 8.70. The minimum Gasteiger partial charge on any atom is -0.504 e. The van der Waals surface area contributed by atoms with Crippen LogP contribution in [0.25, 0.3) is 11.1 Å². The number of aromatic hydroxyl groups is 1. The van der Waals surface area contributed by atoms with Crippen LogP contribution in [0.1, 0.15) is 35.4 Å². The number of piperidine rings is 1. The third-order valence-corrected chi connectivity index (χ3v) is 4.28. The van der Waals surface area contributed by atoms with Gasteiger partial charge in [-0.1, -0.05) is 0 Å². The molecule has 0 aromatic heterocycles. The molecule has 0 aromatic rings. The van der Waals surface area contributed by atoms with Gasteiger partial charge in [0.1, 0.15) is 6.26 Å². The van der Waals surface area contributed by atoms with E-state index >= 15 is 0 Å². The maximum absolute atomic E-state index is 10.1. The largest absolute Gasteiger partial charge is 0.504 e. The van der Waals surface area contributed by atoms with Crippen LogP contribution in [-0.4, -0.2) is 18.2 Å². The quantitative estimate of drug-likeness (QED) is 0.839. The molecule has 0 saturated carbocycles. The van der Waals surface area contributed by atoms with Crippen LogP contribution in [0.3, 0.4) is 0 Å². The van der Waals surface area contributed by atoms with E-state index in [9.17, 15) is 5.11 Å². The van der Waals surface area contributed by atoms with E-state index in [-0.39, 0.29) is 18.2 Å². The van der Waals surface area contributed by atoms with Crippen molar-refractivity contribution in [2.24, 2.45) is 0 Å². The molecule has 0 atom stereocenters. The zero-order chi connectivity index (χ0) is 12.7. The van der Waals surface area contributed by atoms with E-state index in [1.165, 1.54) is 23.0 Å². The third-order valence-electron chi connectivity index (χ3n) is 4.28. The lowest BCUT2D eigenvalue weighted by atomic mass is 9.87. The second kappa shape index (κ2) is 5.43. The van der Waals surface area contributed by atoms with Crippen LogP contribution in [0.4, 0.5) is 0 Å². The van der Waals surface area contributed by atoms with Crippen molar-refractivity contribution in [2.45, 2.75) is 32.6 Å². The maximum atomic E-state index is 10.1. The summed E-state index contributed by atoms with van der Waals surface area (Å²) in [5.74, 6) is 0.827. The van der Waals surface area contributed by atoms with Crippen molar-refractivity contribution in [1.29, 1.82) is 0 Å². The Hall–Kier alpha value is -1.19. The summed E-state index contributed by atoms with van der Waals surface area (Å²) in [7, 11) is 0. The van der Waals surface area contributed by atoms with E-state index < -0.39 is 0 Å². The molecule has 19 heavy (non-hydrogen) atoms. The molecule has 104 valence electrons. The summed E-state index contributed by atoms with van der Waals surface area (Å²) in [6.07, 6.45) is 5.48. The third kappa shape index (κ3) is 2.21. The minimum absolute atomic E-state index is 0. The Labute approximate surface area is 119 Å². The maximum Gasteiger partial charge on any atom is 0.159 e. The monoisotopic (exact) mass is 281 g/mol. The van der Waals surface area contributed by atoms with Crippen LogP contribution in [-0.2, 0) is 0 Å². The van der Waals surface area contributed by atoms with Gasteiger partial charge in [-0.2, -0.15) is 0 Å². The molecule has 2 heterocycles. The number of halogens is 1. The van der Waals surface area contributed by atoms with Crippen LogP contribution in [0.15, 0.2) is 16.9 Å². The first kappa shape index (κ1) is 14.2. The van der Waals surface area contributed by atoms with E-state index in [0.29, 0.717) is 5.92 Å². The van der Waals surface area contributed by atoms with Crippen molar-refractivity contribution in [3.8, 4) is 16.9 Å². The lowest BCUT2D eigenvalue weighted by Gasteiger charge is -2.24. The molecule has 2 N–H and O–H groups in total. The van der Waals surface area contributed by atoms with Crippen LogP contribution in [0.5, 0.6) is 5.75 Å². The number of nitrogens with one attached hydrogen (secondary N) is 1. The Morgan fingerprint density at radius 1 is 1.16 bits per heavy atom.